The van der Waals surface area contributed by atoms with Gasteiger partial charge in [0.1, 0.15) is 54.7 Å². The number of ether oxygens (including phenoxy) is 2. The average Bonchev–Trinajstić information content (AvgIpc) is 1.81. The maximum Gasteiger partial charge on any atom is 0.407 e. The summed E-state index contributed by atoms with van der Waals surface area (Å²) >= 11 is 0. The van der Waals surface area contributed by atoms with Gasteiger partial charge in [-0.1, -0.05) is 121 Å². The lowest BCUT2D eigenvalue weighted by Crippen LogP contribution is -2.62. The number of nitrogens with two attached hydrogens (primary N) is 1. The van der Waals surface area contributed by atoms with Crippen molar-refractivity contribution in [2.45, 2.75) is 100 Å². The smallest absolute Gasteiger partial charge is 0.407 e. The number of alkyl carbamates (subject to hydrolysis) is 1. The van der Waals surface area contributed by atoms with E-state index in [1.54, 1.807) is 91.1 Å². The minimum atomic E-state index is -1.49. The Morgan fingerprint density at radius 2 is 0.942 bits per heavy atom. The van der Waals surface area contributed by atoms with Crippen LogP contribution in [0.1, 0.15) is 53.5 Å². The number of aliphatic carboxylic acids is 4. The molecular weight excluding hydrogens is 1350 g/mol. The van der Waals surface area contributed by atoms with Gasteiger partial charge >= 0.3 is 30.0 Å². The number of unbranched alkanes of at least 4 members (excludes halogenated alkanes) is 1. The number of nitrogens with zero attached hydrogens (tertiary/aromatic N) is 4. The number of nitrogens with one attached hydrogen (secondary N) is 8. The number of benzene rings is 5. The van der Waals surface area contributed by atoms with E-state index in [0.717, 1.165) is 26.3 Å². The fraction of sp³-hybridized carbons (Fsp3) is 0.397. The number of para-hydroxylation sites is 1. The molecule has 31 heteroatoms. The van der Waals surface area contributed by atoms with E-state index in [2.05, 4.69) is 42.2 Å². The third-order valence-electron chi connectivity index (χ3n) is 17.5. The summed E-state index contributed by atoms with van der Waals surface area (Å²) in [5.74, 6) is -10.2. The quantitative estimate of drug-likeness (QED) is 0.0243. The molecule has 0 saturated carbocycles. The third-order valence-corrected chi connectivity index (χ3v) is 17.5. The van der Waals surface area contributed by atoms with Crippen LogP contribution < -0.4 is 47.7 Å². The van der Waals surface area contributed by atoms with Crippen molar-refractivity contribution in [3.8, 4) is 5.75 Å². The van der Waals surface area contributed by atoms with Gasteiger partial charge < -0.3 is 82.7 Å². The third kappa shape index (κ3) is 25.4. The molecule has 3 heterocycles. The van der Waals surface area contributed by atoms with E-state index in [4.69, 9.17) is 15.2 Å². The van der Waals surface area contributed by atoms with Crippen molar-refractivity contribution in [1.82, 2.24) is 61.8 Å². The highest BCUT2D eigenvalue weighted by Crippen LogP contribution is 2.25. The summed E-state index contributed by atoms with van der Waals surface area (Å²) in [6.45, 7) is -4.01. The van der Waals surface area contributed by atoms with Crippen molar-refractivity contribution in [1.29, 1.82) is 0 Å². The van der Waals surface area contributed by atoms with E-state index in [9.17, 15) is 49.2 Å². The van der Waals surface area contributed by atoms with Crippen molar-refractivity contribution in [2.75, 3.05) is 85.1 Å². The van der Waals surface area contributed by atoms with Gasteiger partial charge in [-0.15, -0.1) is 0 Å². The first-order valence-corrected chi connectivity index (χ1v) is 34.2. The molecule has 14 N–H and O–H groups in total. The fourth-order valence-corrected chi connectivity index (χ4v) is 12.3. The number of carboxylic acid groups (broad SMARTS) is 4. The minimum absolute atomic E-state index is 0.0545. The van der Waals surface area contributed by atoms with Crippen LogP contribution in [0.15, 0.2) is 146 Å². The number of aromatic amines is 1. The number of carboxylic acids is 4. The summed E-state index contributed by atoms with van der Waals surface area (Å²) in [6, 6.07) is 32.6. The summed E-state index contributed by atoms with van der Waals surface area (Å²) in [7, 11) is 0. The van der Waals surface area contributed by atoms with Crippen molar-refractivity contribution in [3.05, 3.63) is 174 Å². The van der Waals surface area contributed by atoms with E-state index in [1.807, 2.05) is 54.6 Å². The summed E-state index contributed by atoms with van der Waals surface area (Å²) < 4.78 is 11.9. The number of aromatic nitrogens is 1. The summed E-state index contributed by atoms with van der Waals surface area (Å²) in [5, 5.41) is 58.0. The molecule has 0 bridgehead atoms. The number of fused-ring (bicyclic) bond motifs is 2. The summed E-state index contributed by atoms with van der Waals surface area (Å²) in [6.07, 6.45) is -0.581. The lowest BCUT2D eigenvalue weighted by atomic mass is 9.99. The van der Waals surface area contributed by atoms with E-state index >= 15 is 28.8 Å². The Kier molecular flexibility index (Phi) is 30.0. The molecule has 6 aromatic rings. The highest BCUT2D eigenvalue weighted by molar-refractivity contribution is 5.99. The Hall–Kier alpha value is -11.3. The topological polar surface area (TPSA) is 443 Å². The van der Waals surface area contributed by atoms with E-state index in [1.165, 1.54) is 9.80 Å². The molecule has 0 aliphatic carbocycles. The van der Waals surface area contributed by atoms with E-state index < -0.39 is 153 Å². The van der Waals surface area contributed by atoms with E-state index in [0.29, 0.717) is 40.8 Å². The van der Waals surface area contributed by atoms with Crippen LogP contribution in [0, 0.1) is 0 Å². The molecule has 7 atom stereocenters. The van der Waals surface area contributed by atoms with Crippen LogP contribution in [-0.2, 0) is 89.8 Å². The van der Waals surface area contributed by atoms with Gasteiger partial charge in [-0.25, -0.2) is 4.79 Å². The van der Waals surface area contributed by atoms with Gasteiger partial charge in [0.25, 0.3) is 0 Å². The van der Waals surface area contributed by atoms with Gasteiger partial charge in [0, 0.05) is 88.5 Å². The van der Waals surface area contributed by atoms with Crippen molar-refractivity contribution in [2.24, 2.45) is 5.73 Å². The maximum atomic E-state index is 15.7. The summed E-state index contributed by atoms with van der Waals surface area (Å²) in [4.78, 5) is 173. The van der Waals surface area contributed by atoms with Gasteiger partial charge in [-0.3, -0.25) is 67.4 Å². The molecule has 5 aromatic carbocycles. The molecule has 8 rings (SSSR count). The molecule has 0 spiro atoms. The number of hydrogen-bond donors (Lipinski definition) is 13. The zero-order chi connectivity index (χ0) is 74.5. The SMILES string of the molecule is NCCCC[C@@H]1NC(=O)[C@@H](Cc2c[nH]c3ccccc23)NC(=O)[C@H](Cc2ccccc2)NC(=O)[C@@H]2C[C@@H](OC(=O)NCCNC(=O)CN(CCN(CCN(CC(=O)O)CC(=O)O)CC(=O)O)CC(=O)O)CN2C(=O)[C@H](Cc2ccccc2)NC(=O)[C@H](Cc2ccc(OCc3ccccc3)cc2)NC1=O. The van der Waals surface area contributed by atoms with Gasteiger partial charge in [-0.05, 0) is 71.8 Å². The molecule has 8 amide bonds. The standard InChI is InChI=1S/C73H89N13O18/c74-27-13-12-22-56-67(96)79-57(35-49-23-25-52(26-24-49)103-46-50-18-8-3-9-19-50)69(98)82-60(36-48-16-6-2-7-17-48)72(101)86-40-53(104-73(102)76-29-28-75-62(87)41-84(43-64(90)91)32-30-83(42-63(88)89)31-33-85(44-65(92)93)45-66(94)95)38-61(86)71(100)81-58(34-47-14-4-1-5-15-47)68(97)80-59(70(99)78-56)37-51-39-77-55-21-11-10-20-54(51)55/h1-11,14-21,23-26,39,53,56-61,77H,12-13,22,27-38,40-46,74H2,(H,75,87)(H,76,102)(H,78,99)(H,79,96)(H,80,97)(H,81,100)(H,82,98)(H,88,89)(H,90,91)(H,92,93)(H,94,95)/t53-,56+,57+,58+,59-,60+,61+/m1/s1. The number of carbonyl (C=O) groups excluding carboxylic acids is 8. The van der Waals surface area contributed by atoms with Crippen molar-refractivity contribution >= 4 is 82.2 Å². The second-order valence-electron chi connectivity index (χ2n) is 25.5. The highest BCUT2D eigenvalue weighted by atomic mass is 16.6. The second-order valence-corrected chi connectivity index (χ2v) is 25.5. The molecule has 2 aliphatic heterocycles. The maximum absolute atomic E-state index is 15.7. The lowest BCUT2D eigenvalue weighted by Gasteiger charge is -2.32. The molecule has 554 valence electrons. The van der Waals surface area contributed by atoms with Crippen LogP contribution in [-0.4, -0.2) is 244 Å². The molecular formula is C73H89N13O18. The molecule has 31 nitrogen and oxygen atoms in total. The van der Waals surface area contributed by atoms with Gasteiger partial charge in [0.2, 0.25) is 41.4 Å². The van der Waals surface area contributed by atoms with Crippen molar-refractivity contribution < 1.29 is 87.4 Å². The normalized spacial score (nSPS) is 19.0. The molecule has 0 radical (unpaired) electrons. The van der Waals surface area contributed by atoms with Gasteiger partial charge in [0.05, 0.1) is 39.3 Å². The number of H-pyrrole nitrogens is 1. The fourth-order valence-electron chi connectivity index (χ4n) is 12.3. The Labute approximate surface area is 599 Å². The monoisotopic (exact) mass is 1440 g/mol. The first kappa shape index (κ1) is 78.4. The minimum Gasteiger partial charge on any atom is -0.489 e. The molecule has 104 heavy (non-hydrogen) atoms. The molecule has 2 saturated heterocycles. The number of hydrogen-bond acceptors (Lipinski definition) is 18. The van der Waals surface area contributed by atoms with Crippen LogP contribution in [0.25, 0.3) is 10.9 Å². The van der Waals surface area contributed by atoms with Gasteiger partial charge in [-0.2, -0.15) is 0 Å². The van der Waals surface area contributed by atoms with Crippen molar-refractivity contribution in [3.63, 3.8) is 0 Å². The average molecular weight is 1440 g/mol. The molecule has 2 fully saturated rings. The second kappa shape index (κ2) is 39.8. The number of amides is 8. The molecule has 1 aromatic heterocycles. The molecule has 0 unspecified atom stereocenters. The zero-order valence-corrected chi connectivity index (χ0v) is 57.3. The molecule has 2 aliphatic rings. The first-order valence-electron chi connectivity index (χ1n) is 34.2. The largest absolute Gasteiger partial charge is 0.489 e. The number of rotatable bonds is 35. The first-order chi connectivity index (χ1) is 50.0. The Bertz CT molecular complexity index is 3890. The van der Waals surface area contributed by atoms with Crippen LogP contribution in [0.5, 0.6) is 5.75 Å². The number of carbonyl (C=O) groups is 12. The van der Waals surface area contributed by atoms with Gasteiger partial charge in [0.15, 0.2) is 0 Å². The highest BCUT2D eigenvalue weighted by Gasteiger charge is 2.45. The van der Waals surface area contributed by atoms with Crippen LogP contribution in [0.2, 0.25) is 0 Å². The van der Waals surface area contributed by atoms with Crippen LogP contribution >= 0.6 is 0 Å². The predicted molar refractivity (Wildman–Crippen MR) is 377 cm³/mol. The summed E-state index contributed by atoms with van der Waals surface area (Å²) in [5.41, 5.74) is 9.99. The van der Waals surface area contributed by atoms with E-state index in [-0.39, 0.29) is 90.9 Å². The Morgan fingerprint density at radius 3 is 1.51 bits per heavy atom. The zero-order valence-electron chi connectivity index (χ0n) is 57.3. The predicted octanol–water partition coefficient (Wildman–Crippen LogP) is 0.640. The van der Waals surface area contributed by atoms with Crippen LogP contribution in [0.3, 0.4) is 0 Å². The lowest BCUT2D eigenvalue weighted by molar-refractivity contribution is -0.143. The van der Waals surface area contributed by atoms with Crippen LogP contribution in [0.4, 0.5) is 4.79 Å². The Balaban J connectivity index is 1.06. The Morgan fingerprint density at radius 1 is 0.490 bits per heavy atom.